The maximum atomic E-state index is 11.8. The number of hydrogen-bond donors (Lipinski definition) is 1. The van der Waals surface area contributed by atoms with E-state index in [9.17, 15) is 9.90 Å². The maximum absolute atomic E-state index is 11.8. The van der Waals surface area contributed by atoms with Gasteiger partial charge in [-0.15, -0.1) is 0 Å². The summed E-state index contributed by atoms with van der Waals surface area (Å²) in [6.07, 6.45) is -0.805. The molecule has 1 N–H and O–H groups in total. The summed E-state index contributed by atoms with van der Waals surface area (Å²) >= 11 is 12.7. The molecular weight excluding hydrogens is 483 g/mol. The fourth-order valence-corrected chi connectivity index (χ4v) is 5.02. The number of benzene rings is 3. The molecule has 35 heavy (non-hydrogen) atoms. The number of carbonyl (C=O) groups excluding carboxylic acids is 1. The minimum absolute atomic E-state index is 0.0270. The molecule has 1 aliphatic rings. The van der Waals surface area contributed by atoms with Gasteiger partial charge in [0.1, 0.15) is 18.5 Å². The highest BCUT2D eigenvalue weighted by atomic mass is 35.5. The molecule has 0 radical (unpaired) electrons. The molecule has 0 bridgehead atoms. The van der Waals surface area contributed by atoms with E-state index < -0.39 is 18.2 Å². The minimum atomic E-state index is -0.703. The molecule has 4 nitrogen and oxygen atoms in total. The standard InChI is InChI=1S/C29H30Cl2O4/c1-16-9-19(4)29(34-15-23-13-22(32)14-27(33)35-23)24(10-16)28(20-5-7-25(30)17(2)11-20)21-6-8-26(31)18(3)12-21/h5-12,22-23,28,32H,13-15H2,1-4H3/t22-,23+/m1/s1. The SMILES string of the molecule is Cc1cc(C)c(OC[C@@H]2C[C@@H](O)CC(=O)O2)c(C(c2ccc(Cl)c(C)c2)c2ccc(Cl)c(C)c2)c1. The average molecular weight is 513 g/mol. The lowest BCUT2D eigenvalue weighted by atomic mass is 9.82. The van der Waals surface area contributed by atoms with Gasteiger partial charge in [0.15, 0.2) is 0 Å². The summed E-state index contributed by atoms with van der Waals surface area (Å²) in [5.41, 5.74) is 7.28. The Balaban J connectivity index is 1.81. The number of halogens is 2. The maximum Gasteiger partial charge on any atom is 0.308 e. The van der Waals surface area contributed by atoms with Crippen molar-refractivity contribution in [2.24, 2.45) is 0 Å². The van der Waals surface area contributed by atoms with Gasteiger partial charge in [-0.25, -0.2) is 0 Å². The van der Waals surface area contributed by atoms with Crippen LogP contribution in [0.25, 0.3) is 0 Å². The van der Waals surface area contributed by atoms with Gasteiger partial charge in [-0.2, -0.15) is 0 Å². The van der Waals surface area contributed by atoms with Crippen LogP contribution in [0.1, 0.15) is 57.7 Å². The number of cyclic esters (lactones) is 1. The van der Waals surface area contributed by atoms with Crippen molar-refractivity contribution in [3.63, 3.8) is 0 Å². The number of carbonyl (C=O) groups is 1. The van der Waals surface area contributed by atoms with Crippen LogP contribution in [-0.2, 0) is 9.53 Å². The Morgan fingerprint density at radius 1 is 0.943 bits per heavy atom. The first kappa shape index (κ1) is 25.6. The molecule has 3 aromatic rings. The molecule has 0 saturated carbocycles. The predicted molar refractivity (Wildman–Crippen MR) is 140 cm³/mol. The fourth-order valence-electron chi connectivity index (χ4n) is 4.78. The number of ether oxygens (including phenoxy) is 2. The van der Waals surface area contributed by atoms with Crippen molar-refractivity contribution in [3.05, 3.63) is 97.5 Å². The zero-order valence-corrected chi connectivity index (χ0v) is 21.9. The molecule has 3 aromatic carbocycles. The van der Waals surface area contributed by atoms with Gasteiger partial charge >= 0.3 is 5.97 Å². The third-order valence-corrected chi connectivity index (χ3v) is 7.29. The Kier molecular flexibility index (Phi) is 7.75. The highest BCUT2D eigenvalue weighted by molar-refractivity contribution is 6.31. The van der Waals surface area contributed by atoms with Crippen LogP contribution in [0.2, 0.25) is 10.0 Å². The molecule has 184 valence electrons. The van der Waals surface area contributed by atoms with Crippen LogP contribution in [0, 0.1) is 27.7 Å². The highest BCUT2D eigenvalue weighted by Crippen LogP contribution is 2.41. The molecule has 1 heterocycles. The highest BCUT2D eigenvalue weighted by Gasteiger charge is 2.29. The first-order valence-electron chi connectivity index (χ1n) is 11.8. The van der Waals surface area contributed by atoms with Gasteiger partial charge in [0.25, 0.3) is 0 Å². The van der Waals surface area contributed by atoms with E-state index >= 15 is 0 Å². The van der Waals surface area contributed by atoms with Crippen LogP contribution < -0.4 is 4.74 Å². The summed E-state index contributed by atoms with van der Waals surface area (Å²) in [5.74, 6) is 0.219. The predicted octanol–water partition coefficient (Wildman–Crippen LogP) is 6.85. The van der Waals surface area contributed by atoms with Crippen LogP contribution in [0.5, 0.6) is 5.75 Å². The third kappa shape index (κ3) is 5.83. The number of aryl methyl sites for hydroxylation is 4. The zero-order chi connectivity index (χ0) is 25.3. The summed E-state index contributed by atoms with van der Waals surface area (Å²) in [6, 6.07) is 16.4. The van der Waals surface area contributed by atoms with Gasteiger partial charge in [0.05, 0.1) is 12.5 Å². The molecule has 0 amide bonds. The van der Waals surface area contributed by atoms with Crippen LogP contribution in [-0.4, -0.2) is 29.9 Å². The van der Waals surface area contributed by atoms with Crippen molar-refractivity contribution in [3.8, 4) is 5.75 Å². The van der Waals surface area contributed by atoms with Crippen molar-refractivity contribution in [2.75, 3.05) is 6.61 Å². The summed E-state index contributed by atoms with van der Waals surface area (Å²) in [5, 5.41) is 11.4. The molecule has 0 spiro atoms. The zero-order valence-electron chi connectivity index (χ0n) is 20.4. The normalized spacial score (nSPS) is 18.0. The Hall–Kier alpha value is -2.53. The van der Waals surface area contributed by atoms with E-state index in [0.29, 0.717) is 16.5 Å². The van der Waals surface area contributed by atoms with Crippen molar-refractivity contribution < 1.29 is 19.4 Å². The van der Waals surface area contributed by atoms with E-state index in [1.807, 2.05) is 45.0 Å². The van der Waals surface area contributed by atoms with Gasteiger partial charge in [-0.3, -0.25) is 4.79 Å². The number of aliphatic hydroxyl groups is 1. The lowest BCUT2D eigenvalue weighted by molar-refractivity contribution is -0.162. The smallest absolute Gasteiger partial charge is 0.308 e. The summed E-state index contributed by atoms with van der Waals surface area (Å²) < 4.78 is 11.8. The first-order valence-corrected chi connectivity index (χ1v) is 12.5. The summed E-state index contributed by atoms with van der Waals surface area (Å²) in [6.45, 7) is 8.25. The van der Waals surface area contributed by atoms with E-state index in [1.54, 1.807) is 0 Å². The lowest BCUT2D eigenvalue weighted by Gasteiger charge is -2.28. The Morgan fingerprint density at radius 2 is 1.54 bits per heavy atom. The van der Waals surface area contributed by atoms with Crippen LogP contribution in [0.15, 0.2) is 48.5 Å². The van der Waals surface area contributed by atoms with Gasteiger partial charge in [0, 0.05) is 27.9 Å². The number of rotatable bonds is 6. The molecule has 4 rings (SSSR count). The van der Waals surface area contributed by atoms with E-state index in [0.717, 1.165) is 44.7 Å². The Bertz CT molecular complexity index is 1200. The molecule has 0 aromatic heterocycles. The Morgan fingerprint density at radius 3 is 2.09 bits per heavy atom. The fraction of sp³-hybridized carbons (Fsp3) is 0.345. The van der Waals surface area contributed by atoms with Crippen molar-refractivity contribution in [1.29, 1.82) is 0 Å². The molecular formula is C29H30Cl2O4. The van der Waals surface area contributed by atoms with E-state index in [4.69, 9.17) is 32.7 Å². The topological polar surface area (TPSA) is 55.8 Å². The van der Waals surface area contributed by atoms with Crippen LogP contribution in [0.3, 0.4) is 0 Å². The Labute approximate surface area is 216 Å². The largest absolute Gasteiger partial charge is 0.489 e. The quantitative estimate of drug-likeness (QED) is 0.289. The van der Waals surface area contributed by atoms with Gasteiger partial charge < -0.3 is 14.6 Å². The minimum Gasteiger partial charge on any atom is -0.489 e. The number of aliphatic hydroxyl groups excluding tert-OH is 1. The van der Waals surface area contributed by atoms with Gasteiger partial charge in [0.2, 0.25) is 0 Å². The van der Waals surface area contributed by atoms with Crippen molar-refractivity contribution in [2.45, 2.75) is 58.7 Å². The summed E-state index contributed by atoms with van der Waals surface area (Å²) in [7, 11) is 0. The van der Waals surface area contributed by atoms with E-state index in [1.165, 1.54) is 0 Å². The second-order valence-electron chi connectivity index (χ2n) is 9.47. The molecule has 2 atom stereocenters. The number of esters is 1. The lowest BCUT2D eigenvalue weighted by Crippen LogP contribution is -2.36. The van der Waals surface area contributed by atoms with Crippen molar-refractivity contribution >= 4 is 29.2 Å². The molecule has 1 fully saturated rings. The average Bonchev–Trinajstić information content (AvgIpc) is 2.77. The summed E-state index contributed by atoms with van der Waals surface area (Å²) in [4.78, 5) is 11.8. The molecule has 1 aliphatic heterocycles. The van der Waals surface area contributed by atoms with Crippen LogP contribution >= 0.6 is 23.2 Å². The third-order valence-electron chi connectivity index (χ3n) is 6.44. The van der Waals surface area contributed by atoms with Crippen LogP contribution in [0.4, 0.5) is 0 Å². The van der Waals surface area contributed by atoms with Crippen molar-refractivity contribution in [1.82, 2.24) is 0 Å². The second kappa shape index (κ2) is 10.6. The monoisotopic (exact) mass is 512 g/mol. The second-order valence-corrected chi connectivity index (χ2v) is 10.3. The van der Waals surface area contributed by atoms with E-state index in [2.05, 4.69) is 31.2 Å². The van der Waals surface area contributed by atoms with E-state index in [-0.39, 0.29) is 18.9 Å². The number of hydrogen-bond acceptors (Lipinski definition) is 4. The molecule has 6 heteroatoms. The first-order chi connectivity index (χ1) is 16.6. The van der Waals surface area contributed by atoms with Gasteiger partial charge in [-0.05, 0) is 67.6 Å². The molecule has 0 aliphatic carbocycles. The van der Waals surface area contributed by atoms with Gasteiger partial charge in [-0.1, -0.05) is 65.2 Å². The molecule has 0 unspecified atom stereocenters. The molecule has 1 saturated heterocycles.